The zero-order valence-corrected chi connectivity index (χ0v) is 13.7. The predicted molar refractivity (Wildman–Crippen MR) is 99.2 cm³/mol. The minimum absolute atomic E-state index is 0.00574. The van der Waals surface area contributed by atoms with Gasteiger partial charge >= 0.3 is 0 Å². The second kappa shape index (κ2) is 5.25. The number of nitrogens with two attached hydrogens (primary N) is 1. The van der Waals surface area contributed by atoms with Crippen LogP contribution in [0.5, 0.6) is 0 Å². The molecule has 0 radical (unpaired) electrons. The third-order valence-electron chi connectivity index (χ3n) is 4.02. The number of nitrogens with zero attached hydrogens (tertiary/aromatic N) is 1. The molecule has 0 saturated heterocycles. The van der Waals surface area contributed by atoms with Crippen molar-refractivity contribution in [1.82, 2.24) is 4.57 Å². The van der Waals surface area contributed by atoms with Crippen molar-refractivity contribution in [3.05, 3.63) is 81.4 Å². The van der Waals surface area contributed by atoms with Crippen molar-refractivity contribution < 1.29 is 0 Å². The van der Waals surface area contributed by atoms with Crippen molar-refractivity contribution >= 4 is 43.4 Å². The molecule has 0 saturated carbocycles. The number of para-hydroxylation sites is 3. The average Bonchev–Trinajstić information content (AvgIpc) is 2.57. The van der Waals surface area contributed by atoms with Crippen LogP contribution in [0.4, 0.5) is 5.69 Å². The first-order valence-electron chi connectivity index (χ1n) is 7.25. The fourth-order valence-electron chi connectivity index (χ4n) is 3.00. The molecule has 112 valence electrons. The molecule has 4 aromatic rings. The highest BCUT2D eigenvalue weighted by atomic mass is 79.9. The van der Waals surface area contributed by atoms with Crippen LogP contribution in [0, 0.1) is 0 Å². The highest BCUT2D eigenvalue weighted by Crippen LogP contribution is 2.30. The Labute approximate surface area is 141 Å². The van der Waals surface area contributed by atoms with Gasteiger partial charge in [0.15, 0.2) is 5.43 Å². The molecule has 1 heterocycles. The topological polar surface area (TPSA) is 48.0 Å². The molecule has 0 aliphatic heterocycles. The molecule has 1 aromatic heterocycles. The Morgan fingerprint density at radius 1 is 0.826 bits per heavy atom. The number of rotatable bonds is 1. The zero-order valence-electron chi connectivity index (χ0n) is 12.2. The van der Waals surface area contributed by atoms with Gasteiger partial charge in [-0.1, -0.05) is 30.3 Å². The van der Waals surface area contributed by atoms with Gasteiger partial charge in [0.1, 0.15) is 0 Å². The fourth-order valence-corrected chi connectivity index (χ4v) is 3.47. The van der Waals surface area contributed by atoms with Crippen LogP contribution in [-0.4, -0.2) is 4.57 Å². The van der Waals surface area contributed by atoms with Gasteiger partial charge in [0, 0.05) is 15.2 Å². The van der Waals surface area contributed by atoms with E-state index in [1.165, 1.54) is 0 Å². The summed E-state index contributed by atoms with van der Waals surface area (Å²) in [6, 6.07) is 21.0. The smallest absolute Gasteiger partial charge is 0.197 e. The monoisotopic (exact) mass is 364 g/mol. The van der Waals surface area contributed by atoms with Crippen molar-refractivity contribution in [2.45, 2.75) is 0 Å². The average molecular weight is 365 g/mol. The summed E-state index contributed by atoms with van der Waals surface area (Å²) < 4.78 is 2.99. The molecule has 0 atom stereocenters. The van der Waals surface area contributed by atoms with Gasteiger partial charge in [-0.15, -0.1) is 0 Å². The fraction of sp³-hybridized carbons (Fsp3) is 0. The SMILES string of the molecule is Nc1cccc2c(=O)c3ccccc3n(-c3ccccc3Br)c12. The molecule has 0 bridgehead atoms. The molecule has 4 rings (SSSR count). The van der Waals surface area contributed by atoms with E-state index < -0.39 is 0 Å². The van der Waals surface area contributed by atoms with E-state index in [2.05, 4.69) is 15.9 Å². The van der Waals surface area contributed by atoms with Crippen molar-refractivity contribution in [3.63, 3.8) is 0 Å². The number of nitrogen functional groups attached to an aromatic ring is 1. The summed E-state index contributed by atoms with van der Waals surface area (Å²) in [6.07, 6.45) is 0. The molecule has 0 aliphatic carbocycles. The Hall–Kier alpha value is -2.59. The van der Waals surface area contributed by atoms with Gasteiger partial charge in [-0.05, 0) is 52.3 Å². The maximum Gasteiger partial charge on any atom is 0.197 e. The number of halogens is 1. The summed E-state index contributed by atoms with van der Waals surface area (Å²) in [6.45, 7) is 0. The number of hydrogen-bond acceptors (Lipinski definition) is 2. The van der Waals surface area contributed by atoms with E-state index in [0.29, 0.717) is 16.5 Å². The van der Waals surface area contributed by atoms with Gasteiger partial charge in [0.05, 0.1) is 22.4 Å². The van der Waals surface area contributed by atoms with Crippen molar-refractivity contribution in [1.29, 1.82) is 0 Å². The van der Waals surface area contributed by atoms with Gasteiger partial charge in [-0.2, -0.15) is 0 Å². The lowest BCUT2D eigenvalue weighted by Gasteiger charge is -2.17. The summed E-state index contributed by atoms with van der Waals surface area (Å²) in [5, 5.41) is 1.31. The van der Waals surface area contributed by atoms with Crippen molar-refractivity contribution in [2.24, 2.45) is 0 Å². The number of benzene rings is 3. The van der Waals surface area contributed by atoms with Crippen LogP contribution in [0.2, 0.25) is 0 Å². The number of aromatic nitrogens is 1. The van der Waals surface area contributed by atoms with Gasteiger partial charge in [-0.3, -0.25) is 4.79 Å². The summed E-state index contributed by atoms with van der Waals surface area (Å²) in [4.78, 5) is 12.8. The number of pyridine rings is 1. The second-order valence-corrected chi connectivity index (χ2v) is 6.23. The number of anilines is 1. The zero-order chi connectivity index (χ0) is 16.0. The molecule has 0 amide bonds. The summed E-state index contributed by atoms with van der Waals surface area (Å²) >= 11 is 3.61. The van der Waals surface area contributed by atoms with Gasteiger partial charge in [0.2, 0.25) is 0 Å². The predicted octanol–water partition coefficient (Wildman–Crippen LogP) is 4.49. The minimum Gasteiger partial charge on any atom is -0.397 e. The van der Waals surface area contributed by atoms with Crippen LogP contribution in [0.25, 0.3) is 27.5 Å². The lowest BCUT2D eigenvalue weighted by Crippen LogP contribution is -2.12. The van der Waals surface area contributed by atoms with Crippen LogP contribution in [0.3, 0.4) is 0 Å². The largest absolute Gasteiger partial charge is 0.397 e. The lowest BCUT2D eigenvalue weighted by molar-refractivity contribution is 1.15. The summed E-state index contributed by atoms with van der Waals surface area (Å²) in [5.41, 5.74) is 9.35. The van der Waals surface area contributed by atoms with E-state index in [-0.39, 0.29) is 5.43 Å². The Morgan fingerprint density at radius 2 is 1.52 bits per heavy atom. The summed E-state index contributed by atoms with van der Waals surface area (Å²) in [5.74, 6) is 0. The van der Waals surface area contributed by atoms with Crippen LogP contribution in [0.15, 0.2) is 76.0 Å². The molecule has 0 unspecified atom stereocenters. The Kier molecular flexibility index (Phi) is 3.20. The van der Waals surface area contributed by atoms with Gasteiger partial charge in [-0.25, -0.2) is 0 Å². The molecule has 3 nitrogen and oxygen atoms in total. The Morgan fingerprint density at radius 3 is 2.35 bits per heavy atom. The first-order valence-corrected chi connectivity index (χ1v) is 8.04. The molecular weight excluding hydrogens is 352 g/mol. The molecule has 23 heavy (non-hydrogen) atoms. The quantitative estimate of drug-likeness (QED) is 0.399. The molecule has 0 aliphatic rings. The van der Waals surface area contributed by atoms with Crippen LogP contribution in [-0.2, 0) is 0 Å². The maximum absolute atomic E-state index is 12.8. The normalized spacial score (nSPS) is 11.2. The Bertz CT molecular complexity index is 1120. The third-order valence-corrected chi connectivity index (χ3v) is 4.69. The molecule has 0 fully saturated rings. The summed E-state index contributed by atoms with van der Waals surface area (Å²) in [7, 11) is 0. The van der Waals surface area contributed by atoms with E-state index in [0.717, 1.165) is 21.2 Å². The third kappa shape index (κ3) is 2.06. The number of hydrogen-bond donors (Lipinski definition) is 1. The van der Waals surface area contributed by atoms with Crippen LogP contribution >= 0.6 is 15.9 Å². The van der Waals surface area contributed by atoms with E-state index in [1.807, 2.05) is 71.3 Å². The van der Waals surface area contributed by atoms with Gasteiger partial charge in [0.25, 0.3) is 0 Å². The lowest BCUT2D eigenvalue weighted by atomic mass is 10.1. The van der Waals surface area contributed by atoms with Gasteiger partial charge < -0.3 is 10.3 Å². The molecule has 3 aromatic carbocycles. The number of fused-ring (bicyclic) bond motifs is 2. The Balaban J connectivity index is 2.36. The first-order chi connectivity index (χ1) is 11.2. The van der Waals surface area contributed by atoms with E-state index >= 15 is 0 Å². The molecule has 2 N–H and O–H groups in total. The standard InChI is InChI=1S/C19H13BrN2O/c20-14-8-2-4-11-17(14)22-16-10-3-1-6-12(16)19(23)13-7-5-9-15(21)18(13)22/h1-11H,21H2. The van der Waals surface area contributed by atoms with Crippen LogP contribution in [0.1, 0.15) is 0 Å². The highest BCUT2D eigenvalue weighted by molar-refractivity contribution is 9.10. The van der Waals surface area contributed by atoms with E-state index in [4.69, 9.17) is 5.73 Å². The van der Waals surface area contributed by atoms with E-state index in [1.54, 1.807) is 0 Å². The molecule has 0 spiro atoms. The second-order valence-electron chi connectivity index (χ2n) is 5.38. The first kappa shape index (κ1) is 14.0. The van der Waals surface area contributed by atoms with Crippen molar-refractivity contribution in [2.75, 3.05) is 5.73 Å². The molecule has 4 heteroatoms. The van der Waals surface area contributed by atoms with Crippen LogP contribution < -0.4 is 11.2 Å². The van der Waals surface area contributed by atoms with Crippen molar-refractivity contribution in [3.8, 4) is 5.69 Å². The minimum atomic E-state index is 0.00574. The molecular formula is C19H13BrN2O. The van der Waals surface area contributed by atoms with E-state index in [9.17, 15) is 4.79 Å². The maximum atomic E-state index is 12.8. The highest BCUT2D eigenvalue weighted by Gasteiger charge is 2.15.